The van der Waals surface area contributed by atoms with E-state index in [-0.39, 0.29) is 35.5 Å². The van der Waals surface area contributed by atoms with Crippen LogP contribution in [0.5, 0.6) is 5.75 Å². The van der Waals surface area contributed by atoms with Crippen LogP contribution in [0.4, 0.5) is 0 Å². The van der Waals surface area contributed by atoms with E-state index in [0.717, 1.165) is 0 Å². The normalized spacial score (nSPS) is 35.6. The molecule has 0 aromatic heterocycles. The minimum atomic E-state index is -1.44. The number of carboxylic acids is 1. The lowest BCUT2D eigenvalue weighted by molar-refractivity contribution is -0.143. The fourth-order valence-corrected chi connectivity index (χ4v) is 4.37. The Kier molecular flexibility index (Phi) is 3.33. The summed E-state index contributed by atoms with van der Waals surface area (Å²) in [7, 11) is 0. The number of hydrogen-bond acceptors (Lipinski definition) is 6. The van der Waals surface area contributed by atoms with Gasteiger partial charge in [0, 0.05) is 12.0 Å². The molecule has 7 nitrogen and oxygen atoms in total. The summed E-state index contributed by atoms with van der Waals surface area (Å²) >= 11 is 0. The van der Waals surface area contributed by atoms with E-state index in [1.807, 2.05) is 6.92 Å². The van der Waals surface area contributed by atoms with Crippen molar-refractivity contribution in [2.45, 2.75) is 56.0 Å². The first-order valence-corrected chi connectivity index (χ1v) is 8.36. The van der Waals surface area contributed by atoms with Crippen LogP contribution >= 0.6 is 0 Å². The van der Waals surface area contributed by atoms with E-state index in [9.17, 15) is 19.5 Å². The number of phenolic OH excluding ortho intramolecular Hbond substituents is 1. The second-order valence-electron chi connectivity index (χ2n) is 6.86. The van der Waals surface area contributed by atoms with E-state index in [0.29, 0.717) is 12.8 Å². The summed E-state index contributed by atoms with van der Waals surface area (Å²) < 4.78 is 11.7. The molecule has 3 aliphatic rings. The molecular weight excluding hydrogens is 328 g/mol. The molecule has 132 valence electrons. The number of hydrogen-bond donors (Lipinski definition) is 2. The van der Waals surface area contributed by atoms with Gasteiger partial charge in [-0.05, 0) is 12.5 Å². The minimum absolute atomic E-state index is 0.0259. The highest BCUT2D eigenvalue weighted by molar-refractivity contribution is 6.26. The molecule has 7 heteroatoms. The number of ether oxygens (including phenoxy) is 2. The molecule has 0 radical (unpaired) electrons. The van der Waals surface area contributed by atoms with Crippen molar-refractivity contribution in [3.63, 3.8) is 0 Å². The maximum atomic E-state index is 13.2. The van der Waals surface area contributed by atoms with Gasteiger partial charge in [0.1, 0.15) is 5.75 Å². The molecule has 1 aliphatic carbocycles. The van der Waals surface area contributed by atoms with Gasteiger partial charge in [0.05, 0.1) is 24.2 Å². The van der Waals surface area contributed by atoms with Crippen LogP contribution in [-0.4, -0.2) is 51.2 Å². The summed E-state index contributed by atoms with van der Waals surface area (Å²) in [6.45, 7) is 1.91. The summed E-state index contributed by atoms with van der Waals surface area (Å²) in [5.41, 5.74) is -2.71. The first-order valence-electron chi connectivity index (χ1n) is 8.36. The van der Waals surface area contributed by atoms with Crippen molar-refractivity contribution in [2.75, 3.05) is 0 Å². The molecule has 0 amide bonds. The standard InChI is InChI=1S/C18H18O7/c1-2-4-12-18-16(23)14-10(5-3-6-11(14)19)15(22)17(18,25-18)8-9(24-12)7-13(20)21/h3,5-6,9,12,19H,2,4,7-8H2,1H3,(H,20,21)/t9-,12+,17+,18-/m0/s1. The van der Waals surface area contributed by atoms with Crippen LogP contribution in [0.2, 0.25) is 0 Å². The number of ketones is 2. The molecule has 0 saturated carbocycles. The number of Topliss-reactive ketones (excluding diaryl/α,β-unsaturated/α-hetero) is 2. The fourth-order valence-electron chi connectivity index (χ4n) is 4.37. The third-order valence-electron chi connectivity index (χ3n) is 5.39. The molecule has 4 rings (SSSR count). The highest BCUT2D eigenvalue weighted by Crippen LogP contribution is 2.64. The third-order valence-corrected chi connectivity index (χ3v) is 5.39. The van der Waals surface area contributed by atoms with Crippen molar-refractivity contribution in [1.29, 1.82) is 0 Å². The predicted molar refractivity (Wildman–Crippen MR) is 83.8 cm³/mol. The number of rotatable bonds is 4. The number of aliphatic carboxylic acids is 1. The van der Waals surface area contributed by atoms with Crippen molar-refractivity contribution in [3.05, 3.63) is 29.3 Å². The largest absolute Gasteiger partial charge is 0.507 e. The van der Waals surface area contributed by atoms with Crippen LogP contribution in [0, 0.1) is 0 Å². The molecular formula is C18H18O7. The van der Waals surface area contributed by atoms with Gasteiger partial charge in [-0.2, -0.15) is 0 Å². The van der Waals surface area contributed by atoms with Crippen molar-refractivity contribution in [2.24, 2.45) is 0 Å². The van der Waals surface area contributed by atoms with Gasteiger partial charge in [-0.3, -0.25) is 14.4 Å². The molecule has 4 atom stereocenters. The molecule has 2 saturated heterocycles. The average Bonchev–Trinajstić information content (AvgIpc) is 3.25. The second kappa shape index (κ2) is 5.12. The lowest BCUT2D eigenvalue weighted by Crippen LogP contribution is -2.58. The van der Waals surface area contributed by atoms with E-state index < -0.39 is 35.2 Å². The number of aromatic hydroxyl groups is 1. The van der Waals surface area contributed by atoms with Crippen LogP contribution < -0.4 is 0 Å². The number of carbonyl (C=O) groups excluding carboxylic acids is 2. The SMILES string of the molecule is CCC[C@H]1O[C@@H](CC(=O)O)C[C@]23O[C@]12C(=O)c1c(O)cccc1C3=O. The lowest BCUT2D eigenvalue weighted by atomic mass is 9.67. The molecule has 0 unspecified atom stereocenters. The Morgan fingerprint density at radius 3 is 2.76 bits per heavy atom. The highest BCUT2D eigenvalue weighted by atomic mass is 16.7. The Morgan fingerprint density at radius 2 is 2.08 bits per heavy atom. The van der Waals surface area contributed by atoms with E-state index in [2.05, 4.69) is 0 Å². The minimum Gasteiger partial charge on any atom is -0.507 e. The van der Waals surface area contributed by atoms with Crippen LogP contribution in [0.3, 0.4) is 0 Å². The van der Waals surface area contributed by atoms with E-state index in [4.69, 9.17) is 14.6 Å². The molecule has 2 aliphatic heterocycles. The van der Waals surface area contributed by atoms with Gasteiger partial charge in [0.2, 0.25) is 5.78 Å². The van der Waals surface area contributed by atoms with E-state index in [1.54, 1.807) is 0 Å². The fraction of sp³-hybridized carbons (Fsp3) is 0.500. The molecule has 25 heavy (non-hydrogen) atoms. The van der Waals surface area contributed by atoms with Crippen molar-refractivity contribution in [3.8, 4) is 5.75 Å². The Labute approximate surface area is 143 Å². The topological polar surface area (TPSA) is 113 Å². The predicted octanol–water partition coefficient (Wildman–Crippen LogP) is 1.71. The van der Waals surface area contributed by atoms with Gasteiger partial charge in [0.25, 0.3) is 0 Å². The number of carboxylic acid groups (broad SMARTS) is 1. The number of carbonyl (C=O) groups is 3. The summed E-state index contributed by atoms with van der Waals surface area (Å²) in [5.74, 6) is -2.11. The quantitative estimate of drug-likeness (QED) is 0.798. The third kappa shape index (κ3) is 1.90. The molecule has 2 fully saturated rings. The Morgan fingerprint density at radius 1 is 1.32 bits per heavy atom. The van der Waals surface area contributed by atoms with Gasteiger partial charge in [-0.1, -0.05) is 25.5 Å². The van der Waals surface area contributed by atoms with Gasteiger partial charge < -0.3 is 19.7 Å². The lowest BCUT2D eigenvalue weighted by Gasteiger charge is -2.38. The molecule has 1 aromatic rings. The molecule has 0 spiro atoms. The van der Waals surface area contributed by atoms with E-state index >= 15 is 0 Å². The van der Waals surface area contributed by atoms with Crippen LogP contribution in [0.25, 0.3) is 0 Å². The van der Waals surface area contributed by atoms with Crippen LogP contribution in [0.15, 0.2) is 18.2 Å². The van der Waals surface area contributed by atoms with Gasteiger partial charge >= 0.3 is 5.97 Å². The van der Waals surface area contributed by atoms with Gasteiger partial charge in [0.15, 0.2) is 17.0 Å². The smallest absolute Gasteiger partial charge is 0.305 e. The first-order chi connectivity index (χ1) is 11.9. The molecule has 2 heterocycles. The average molecular weight is 346 g/mol. The Hall–Kier alpha value is -2.25. The summed E-state index contributed by atoms with van der Waals surface area (Å²) in [6, 6.07) is 4.36. The first kappa shape index (κ1) is 16.2. The maximum absolute atomic E-state index is 13.2. The summed E-state index contributed by atoms with van der Waals surface area (Å²) in [6.07, 6.45) is -0.490. The molecule has 0 bridgehead atoms. The molecule has 2 N–H and O–H groups in total. The zero-order valence-electron chi connectivity index (χ0n) is 13.7. The Balaban J connectivity index is 1.84. The highest BCUT2D eigenvalue weighted by Gasteiger charge is 2.85. The zero-order valence-corrected chi connectivity index (χ0v) is 13.7. The van der Waals surface area contributed by atoms with Gasteiger partial charge in [-0.15, -0.1) is 0 Å². The van der Waals surface area contributed by atoms with Crippen molar-refractivity contribution >= 4 is 17.5 Å². The van der Waals surface area contributed by atoms with Gasteiger partial charge in [-0.25, -0.2) is 0 Å². The number of benzene rings is 1. The van der Waals surface area contributed by atoms with Crippen LogP contribution in [0.1, 0.15) is 53.3 Å². The molecule has 1 aromatic carbocycles. The van der Waals surface area contributed by atoms with E-state index in [1.165, 1.54) is 18.2 Å². The zero-order chi connectivity index (χ0) is 18.0. The second-order valence-corrected chi connectivity index (χ2v) is 6.86. The van der Waals surface area contributed by atoms with Crippen molar-refractivity contribution < 1.29 is 34.1 Å². The van der Waals surface area contributed by atoms with Crippen molar-refractivity contribution in [1.82, 2.24) is 0 Å². The number of phenols is 1. The summed E-state index contributed by atoms with van der Waals surface area (Å²) in [5, 5.41) is 19.2. The maximum Gasteiger partial charge on any atom is 0.305 e. The Bertz CT molecular complexity index is 801. The summed E-state index contributed by atoms with van der Waals surface area (Å²) in [4.78, 5) is 37.3. The van der Waals surface area contributed by atoms with Crippen LogP contribution in [-0.2, 0) is 14.3 Å². The number of epoxide rings is 1. The number of fused-ring (bicyclic) bond motifs is 1. The monoisotopic (exact) mass is 346 g/mol.